The van der Waals surface area contributed by atoms with Gasteiger partial charge in [0.25, 0.3) is 0 Å². The first kappa shape index (κ1) is 10.2. The molecule has 1 aliphatic carbocycles. The third kappa shape index (κ3) is 2.79. The van der Waals surface area contributed by atoms with Crippen LogP contribution in [0, 0.1) is 16.7 Å². The van der Waals surface area contributed by atoms with E-state index in [2.05, 4.69) is 9.91 Å². The van der Waals surface area contributed by atoms with Crippen LogP contribution in [-0.2, 0) is 9.53 Å². The highest BCUT2D eigenvalue weighted by Crippen LogP contribution is 2.29. The van der Waals surface area contributed by atoms with Crippen molar-refractivity contribution in [2.45, 2.75) is 25.7 Å². The lowest BCUT2D eigenvalue weighted by molar-refractivity contribution is -0.146. The number of carbonyl (C=O) groups is 1. The predicted octanol–water partition coefficient (Wildman–Crippen LogP) is 1.73. The van der Waals surface area contributed by atoms with Gasteiger partial charge < -0.3 is 4.74 Å². The third-order valence-electron chi connectivity index (χ3n) is 2.71. The Morgan fingerprint density at radius 3 is 2.46 bits per heavy atom. The lowest BCUT2D eigenvalue weighted by Gasteiger charge is -2.24. The van der Waals surface area contributed by atoms with Gasteiger partial charge in [-0.1, -0.05) is 5.18 Å². The van der Waals surface area contributed by atoms with E-state index in [9.17, 15) is 9.70 Å². The largest absolute Gasteiger partial charge is 0.469 e. The normalized spacial score (nSPS) is 28.1. The second-order valence-corrected chi connectivity index (χ2v) is 3.55. The Balaban J connectivity index is 2.30. The fourth-order valence-corrected chi connectivity index (χ4v) is 1.85. The van der Waals surface area contributed by atoms with Crippen LogP contribution >= 0.6 is 0 Å². The molecule has 1 rings (SSSR count). The van der Waals surface area contributed by atoms with Gasteiger partial charge in [-0.25, -0.2) is 0 Å². The minimum absolute atomic E-state index is 0.0490. The minimum atomic E-state index is -0.113. The number of hydrogen-bond acceptors (Lipinski definition) is 4. The molecule has 1 fully saturated rings. The third-order valence-corrected chi connectivity index (χ3v) is 2.71. The second kappa shape index (κ2) is 4.94. The van der Waals surface area contributed by atoms with Crippen LogP contribution < -0.4 is 0 Å². The molecular weight excluding hydrogens is 170 g/mol. The van der Waals surface area contributed by atoms with E-state index in [4.69, 9.17) is 0 Å². The van der Waals surface area contributed by atoms with E-state index in [0.717, 1.165) is 25.7 Å². The zero-order valence-corrected chi connectivity index (χ0v) is 7.86. The zero-order chi connectivity index (χ0) is 9.68. The molecule has 0 atom stereocenters. The van der Waals surface area contributed by atoms with Crippen molar-refractivity contribution in [3.63, 3.8) is 0 Å². The smallest absolute Gasteiger partial charge is 0.308 e. The van der Waals surface area contributed by atoms with Crippen LogP contribution in [0.2, 0.25) is 0 Å². The zero-order valence-electron chi connectivity index (χ0n) is 7.86. The summed E-state index contributed by atoms with van der Waals surface area (Å²) in [6, 6.07) is 0. The number of rotatable bonds is 3. The molecule has 0 bridgehead atoms. The van der Waals surface area contributed by atoms with Gasteiger partial charge in [0.05, 0.1) is 19.6 Å². The van der Waals surface area contributed by atoms with Crippen molar-refractivity contribution in [2.75, 3.05) is 13.7 Å². The molecule has 0 unspecified atom stereocenters. The number of ether oxygens (including phenoxy) is 1. The Morgan fingerprint density at radius 2 is 2.00 bits per heavy atom. The summed E-state index contributed by atoms with van der Waals surface area (Å²) in [6.45, 7) is 0.397. The van der Waals surface area contributed by atoms with Crippen LogP contribution in [-0.4, -0.2) is 19.6 Å². The van der Waals surface area contributed by atoms with Crippen LogP contribution in [0.3, 0.4) is 0 Å². The van der Waals surface area contributed by atoms with E-state index in [0.29, 0.717) is 12.5 Å². The van der Waals surface area contributed by atoms with E-state index in [-0.39, 0.29) is 11.9 Å². The van der Waals surface area contributed by atoms with Gasteiger partial charge in [-0.15, -0.1) is 0 Å². The monoisotopic (exact) mass is 185 g/mol. The van der Waals surface area contributed by atoms with Crippen molar-refractivity contribution in [2.24, 2.45) is 17.0 Å². The summed E-state index contributed by atoms with van der Waals surface area (Å²) in [7, 11) is 1.42. The molecule has 4 nitrogen and oxygen atoms in total. The number of nitrogens with zero attached hydrogens (tertiary/aromatic N) is 1. The standard InChI is InChI=1S/C9H15NO3/c1-13-9(11)8-4-2-7(3-5-8)6-10-12/h7-8H,2-6H2,1H3. The molecule has 13 heavy (non-hydrogen) atoms. The van der Waals surface area contributed by atoms with Crippen molar-refractivity contribution in [3.8, 4) is 0 Å². The second-order valence-electron chi connectivity index (χ2n) is 3.55. The maximum Gasteiger partial charge on any atom is 0.308 e. The minimum Gasteiger partial charge on any atom is -0.469 e. The maximum atomic E-state index is 11.1. The van der Waals surface area contributed by atoms with Gasteiger partial charge in [0.1, 0.15) is 0 Å². The molecule has 74 valence electrons. The fourth-order valence-electron chi connectivity index (χ4n) is 1.85. The summed E-state index contributed by atoms with van der Waals surface area (Å²) in [5, 5.41) is 2.88. The summed E-state index contributed by atoms with van der Waals surface area (Å²) < 4.78 is 4.66. The summed E-state index contributed by atoms with van der Waals surface area (Å²) >= 11 is 0. The predicted molar refractivity (Wildman–Crippen MR) is 48.1 cm³/mol. The van der Waals surface area contributed by atoms with E-state index in [1.807, 2.05) is 0 Å². The molecule has 0 spiro atoms. The van der Waals surface area contributed by atoms with Crippen LogP contribution in [0.25, 0.3) is 0 Å². The average Bonchev–Trinajstić information content (AvgIpc) is 2.18. The molecule has 0 saturated heterocycles. The van der Waals surface area contributed by atoms with Crippen molar-refractivity contribution >= 4 is 5.97 Å². The number of esters is 1. The van der Waals surface area contributed by atoms with Crippen molar-refractivity contribution in [1.82, 2.24) is 0 Å². The van der Waals surface area contributed by atoms with Crippen LogP contribution in [0.4, 0.5) is 0 Å². The molecule has 1 saturated carbocycles. The molecule has 0 radical (unpaired) electrons. The van der Waals surface area contributed by atoms with Crippen LogP contribution in [0.5, 0.6) is 0 Å². The Kier molecular flexibility index (Phi) is 3.86. The Bertz CT molecular complexity index is 185. The van der Waals surface area contributed by atoms with E-state index in [1.165, 1.54) is 7.11 Å². The van der Waals surface area contributed by atoms with Gasteiger partial charge in [-0.2, -0.15) is 4.91 Å². The first-order chi connectivity index (χ1) is 6.27. The van der Waals surface area contributed by atoms with E-state index < -0.39 is 0 Å². The van der Waals surface area contributed by atoms with Gasteiger partial charge in [0.2, 0.25) is 0 Å². The van der Waals surface area contributed by atoms with Crippen molar-refractivity contribution in [1.29, 1.82) is 0 Å². The first-order valence-corrected chi connectivity index (χ1v) is 4.65. The van der Waals surface area contributed by atoms with Gasteiger partial charge in [0.15, 0.2) is 0 Å². The first-order valence-electron chi connectivity index (χ1n) is 4.65. The maximum absolute atomic E-state index is 11.1. The topological polar surface area (TPSA) is 55.7 Å². The number of nitroso groups, excluding NO2 is 1. The molecule has 0 aromatic heterocycles. The molecule has 4 heteroatoms. The summed E-state index contributed by atoms with van der Waals surface area (Å²) in [5.41, 5.74) is 0. The molecule has 0 heterocycles. The fraction of sp³-hybridized carbons (Fsp3) is 0.889. The van der Waals surface area contributed by atoms with E-state index >= 15 is 0 Å². The van der Waals surface area contributed by atoms with Gasteiger partial charge >= 0.3 is 5.97 Å². The van der Waals surface area contributed by atoms with Gasteiger partial charge in [-0.05, 0) is 31.6 Å². The van der Waals surface area contributed by atoms with Crippen LogP contribution in [0.15, 0.2) is 5.18 Å². The quantitative estimate of drug-likeness (QED) is 0.497. The van der Waals surface area contributed by atoms with Crippen LogP contribution in [0.1, 0.15) is 25.7 Å². The van der Waals surface area contributed by atoms with E-state index in [1.54, 1.807) is 0 Å². The lowest BCUT2D eigenvalue weighted by atomic mass is 9.82. The number of hydrogen-bond donors (Lipinski definition) is 0. The van der Waals surface area contributed by atoms with Gasteiger partial charge in [0, 0.05) is 0 Å². The average molecular weight is 185 g/mol. The molecule has 0 amide bonds. The van der Waals surface area contributed by atoms with Crippen molar-refractivity contribution in [3.05, 3.63) is 4.91 Å². The molecular formula is C9H15NO3. The number of carbonyl (C=O) groups excluding carboxylic acids is 1. The molecule has 0 aliphatic heterocycles. The SMILES string of the molecule is COC(=O)C1CCC(CN=O)CC1. The highest BCUT2D eigenvalue weighted by molar-refractivity contribution is 5.72. The van der Waals surface area contributed by atoms with Gasteiger partial charge in [-0.3, -0.25) is 4.79 Å². The molecule has 0 N–H and O–H groups in total. The highest BCUT2D eigenvalue weighted by atomic mass is 16.5. The Morgan fingerprint density at radius 1 is 1.38 bits per heavy atom. The molecule has 0 aromatic rings. The summed E-state index contributed by atoms with van der Waals surface area (Å²) in [6.07, 6.45) is 3.52. The van der Waals surface area contributed by atoms with Crippen molar-refractivity contribution < 1.29 is 9.53 Å². The lowest BCUT2D eigenvalue weighted by Crippen LogP contribution is -2.23. The Labute approximate surface area is 77.6 Å². The summed E-state index contributed by atoms with van der Waals surface area (Å²) in [4.78, 5) is 21.1. The molecule has 1 aliphatic rings. The Hall–Kier alpha value is -0.930. The highest BCUT2D eigenvalue weighted by Gasteiger charge is 2.26. The summed E-state index contributed by atoms with van der Waals surface area (Å²) in [5.74, 6) is 0.323. The molecule has 0 aromatic carbocycles. The number of methoxy groups -OCH3 is 1.